The van der Waals surface area contributed by atoms with Crippen molar-refractivity contribution in [3.63, 3.8) is 0 Å². The molecule has 2 N–H and O–H groups in total. The Morgan fingerprint density at radius 3 is 2.54 bits per heavy atom. The van der Waals surface area contributed by atoms with Crippen molar-refractivity contribution < 1.29 is 19.1 Å². The number of carbonyl (C=O) groups excluding carboxylic acids is 2. The van der Waals surface area contributed by atoms with E-state index in [9.17, 15) is 9.59 Å². The SMILES string of the molecule is CC(C)CC(=NNC(=O)CNC(=O)c1ccc2c(c1)OCO2)c1ccccc1. The van der Waals surface area contributed by atoms with Crippen LogP contribution in [0.3, 0.4) is 0 Å². The largest absolute Gasteiger partial charge is 0.454 e. The summed E-state index contributed by atoms with van der Waals surface area (Å²) in [6.07, 6.45) is 0.730. The number of hydrogen-bond donors (Lipinski definition) is 2. The predicted molar refractivity (Wildman–Crippen MR) is 105 cm³/mol. The maximum Gasteiger partial charge on any atom is 0.259 e. The van der Waals surface area contributed by atoms with Gasteiger partial charge in [-0.1, -0.05) is 44.2 Å². The molecule has 0 radical (unpaired) electrons. The van der Waals surface area contributed by atoms with Gasteiger partial charge in [-0.15, -0.1) is 0 Å². The summed E-state index contributed by atoms with van der Waals surface area (Å²) in [5.74, 6) is 0.737. The molecule has 0 aliphatic carbocycles. The molecule has 0 fully saturated rings. The molecule has 7 nitrogen and oxygen atoms in total. The van der Waals surface area contributed by atoms with Crippen LogP contribution in [0.25, 0.3) is 0 Å². The minimum atomic E-state index is -0.397. The number of carbonyl (C=O) groups is 2. The molecular weight excluding hydrogens is 358 g/mol. The van der Waals surface area contributed by atoms with E-state index in [1.165, 1.54) is 0 Å². The Hall–Kier alpha value is -3.35. The zero-order chi connectivity index (χ0) is 19.9. The monoisotopic (exact) mass is 381 g/mol. The van der Waals surface area contributed by atoms with Crippen molar-refractivity contribution >= 4 is 17.5 Å². The Balaban J connectivity index is 1.56. The Morgan fingerprint density at radius 2 is 1.79 bits per heavy atom. The van der Waals surface area contributed by atoms with E-state index in [0.717, 1.165) is 17.7 Å². The Labute approximate surface area is 163 Å². The quantitative estimate of drug-likeness (QED) is 0.570. The van der Waals surface area contributed by atoms with Crippen LogP contribution in [0.5, 0.6) is 11.5 Å². The molecular formula is C21H23N3O4. The van der Waals surface area contributed by atoms with E-state index in [2.05, 4.69) is 29.7 Å². The number of nitrogens with zero attached hydrogens (tertiary/aromatic N) is 1. The van der Waals surface area contributed by atoms with Gasteiger partial charge in [0.05, 0.1) is 12.3 Å². The average Bonchev–Trinajstić information content (AvgIpc) is 3.17. The fraction of sp³-hybridized carbons (Fsp3) is 0.286. The maximum atomic E-state index is 12.2. The third kappa shape index (κ3) is 5.09. The second kappa shape index (κ2) is 9.03. The first-order valence-corrected chi connectivity index (χ1v) is 9.11. The van der Waals surface area contributed by atoms with Crippen molar-refractivity contribution in [2.75, 3.05) is 13.3 Å². The summed E-state index contributed by atoms with van der Waals surface area (Å²) in [5, 5.41) is 6.84. The van der Waals surface area contributed by atoms with Gasteiger partial charge < -0.3 is 14.8 Å². The van der Waals surface area contributed by atoms with Crippen molar-refractivity contribution in [1.29, 1.82) is 0 Å². The van der Waals surface area contributed by atoms with Crippen LogP contribution in [0.2, 0.25) is 0 Å². The Kier molecular flexibility index (Phi) is 6.26. The zero-order valence-electron chi connectivity index (χ0n) is 15.9. The highest BCUT2D eigenvalue weighted by Crippen LogP contribution is 2.32. The van der Waals surface area contributed by atoms with Crippen LogP contribution in [0.15, 0.2) is 53.6 Å². The molecule has 0 unspecified atom stereocenters. The number of fused-ring (bicyclic) bond motifs is 1. The molecule has 0 saturated heterocycles. The molecule has 146 valence electrons. The van der Waals surface area contributed by atoms with E-state index >= 15 is 0 Å². The predicted octanol–water partition coefficient (Wildman–Crippen LogP) is 2.71. The van der Waals surface area contributed by atoms with E-state index in [4.69, 9.17) is 9.47 Å². The zero-order valence-corrected chi connectivity index (χ0v) is 15.9. The molecule has 7 heteroatoms. The van der Waals surface area contributed by atoms with E-state index < -0.39 is 5.91 Å². The van der Waals surface area contributed by atoms with Crippen molar-refractivity contribution in [3.05, 3.63) is 59.7 Å². The number of hydrogen-bond acceptors (Lipinski definition) is 5. The number of hydrazone groups is 1. The molecule has 2 aromatic rings. The fourth-order valence-electron chi connectivity index (χ4n) is 2.72. The standard InChI is InChI=1S/C21H23N3O4/c1-14(2)10-17(15-6-4-3-5-7-15)23-24-20(25)12-22-21(26)16-8-9-18-19(11-16)28-13-27-18/h3-9,11,14H,10,12-13H2,1-2H3,(H,22,26)(H,24,25). The highest BCUT2D eigenvalue weighted by Gasteiger charge is 2.16. The lowest BCUT2D eigenvalue weighted by Gasteiger charge is -2.10. The van der Waals surface area contributed by atoms with Crippen molar-refractivity contribution in [1.82, 2.24) is 10.7 Å². The second-order valence-electron chi connectivity index (χ2n) is 6.81. The highest BCUT2D eigenvalue weighted by molar-refractivity contribution is 6.01. The third-order valence-corrected chi connectivity index (χ3v) is 4.07. The number of amides is 2. The number of nitrogens with one attached hydrogen (secondary N) is 2. The Morgan fingerprint density at radius 1 is 1.04 bits per heavy atom. The molecule has 0 spiro atoms. The summed E-state index contributed by atoms with van der Waals surface area (Å²) >= 11 is 0. The highest BCUT2D eigenvalue weighted by atomic mass is 16.7. The van der Waals surface area contributed by atoms with Crippen LogP contribution < -0.4 is 20.2 Å². The topological polar surface area (TPSA) is 89.0 Å². The third-order valence-electron chi connectivity index (χ3n) is 4.07. The lowest BCUT2D eigenvalue weighted by Crippen LogP contribution is -2.35. The fourth-order valence-corrected chi connectivity index (χ4v) is 2.72. The molecule has 1 aliphatic heterocycles. The van der Waals surface area contributed by atoms with Crippen molar-refractivity contribution in [3.8, 4) is 11.5 Å². The van der Waals surface area contributed by atoms with Gasteiger partial charge in [0, 0.05) is 5.56 Å². The van der Waals surface area contributed by atoms with Crippen LogP contribution >= 0.6 is 0 Å². The lowest BCUT2D eigenvalue weighted by atomic mass is 10.0. The Bertz CT molecular complexity index is 878. The molecule has 2 aromatic carbocycles. The van der Waals surface area contributed by atoms with E-state index in [-0.39, 0.29) is 19.2 Å². The van der Waals surface area contributed by atoms with Gasteiger partial charge in [0.25, 0.3) is 11.8 Å². The normalized spacial score (nSPS) is 12.8. The van der Waals surface area contributed by atoms with Crippen LogP contribution in [-0.4, -0.2) is 30.9 Å². The molecule has 1 aliphatic rings. The van der Waals surface area contributed by atoms with Gasteiger partial charge in [-0.2, -0.15) is 5.10 Å². The van der Waals surface area contributed by atoms with Gasteiger partial charge in [-0.25, -0.2) is 5.43 Å². The van der Waals surface area contributed by atoms with Gasteiger partial charge >= 0.3 is 0 Å². The second-order valence-corrected chi connectivity index (χ2v) is 6.81. The molecule has 3 rings (SSSR count). The minimum Gasteiger partial charge on any atom is -0.454 e. The summed E-state index contributed by atoms with van der Waals surface area (Å²) in [6.45, 7) is 4.14. The van der Waals surface area contributed by atoms with Crippen LogP contribution in [-0.2, 0) is 4.79 Å². The number of rotatable bonds is 7. The number of ether oxygens (including phenoxy) is 2. The first kappa shape index (κ1) is 19.4. The molecule has 28 heavy (non-hydrogen) atoms. The summed E-state index contributed by atoms with van der Waals surface area (Å²) in [7, 11) is 0. The van der Waals surface area contributed by atoms with Gasteiger partial charge in [0.15, 0.2) is 11.5 Å². The van der Waals surface area contributed by atoms with E-state index in [0.29, 0.717) is 23.0 Å². The molecule has 0 bridgehead atoms. The maximum absolute atomic E-state index is 12.2. The average molecular weight is 381 g/mol. The summed E-state index contributed by atoms with van der Waals surface area (Å²) in [4.78, 5) is 24.3. The van der Waals surface area contributed by atoms with Gasteiger partial charge in [0.2, 0.25) is 6.79 Å². The van der Waals surface area contributed by atoms with Crippen molar-refractivity contribution in [2.24, 2.45) is 11.0 Å². The summed E-state index contributed by atoms with van der Waals surface area (Å²) < 4.78 is 10.5. The van der Waals surface area contributed by atoms with Crippen LogP contribution in [0, 0.1) is 5.92 Å². The molecule has 1 heterocycles. The minimum absolute atomic E-state index is 0.140. The first-order valence-electron chi connectivity index (χ1n) is 9.11. The van der Waals surface area contributed by atoms with Gasteiger partial charge in [-0.05, 0) is 36.1 Å². The van der Waals surface area contributed by atoms with Gasteiger partial charge in [0.1, 0.15) is 0 Å². The van der Waals surface area contributed by atoms with Crippen molar-refractivity contribution in [2.45, 2.75) is 20.3 Å². The molecule has 0 saturated carbocycles. The van der Waals surface area contributed by atoms with E-state index in [1.54, 1.807) is 18.2 Å². The first-order chi connectivity index (χ1) is 13.5. The van der Waals surface area contributed by atoms with Gasteiger partial charge in [-0.3, -0.25) is 9.59 Å². The van der Waals surface area contributed by atoms with E-state index in [1.807, 2.05) is 30.3 Å². The summed E-state index contributed by atoms with van der Waals surface area (Å²) in [6, 6.07) is 14.6. The molecule has 0 aromatic heterocycles. The van der Waals surface area contributed by atoms with Crippen LogP contribution in [0.4, 0.5) is 0 Å². The molecule has 2 amide bonds. The molecule has 0 atom stereocenters. The summed E-state index contributed by atoms with van der Waals surface area (Å²) in [5.41, 5.74) is 4.67. The smallest absolute Gasteiger partial charge is 0.259 e. The lowest BCUT2D eigenvalue weighted by molar-refractivity contribution is -0.120. The van der Waals surface area contributed by atoms with Crippen LogP contribution in [0.1, 0.15) is 36.2 Å². The number of benzene rings is 2.